The highest BCUT2D eigenvalue weighted by Gasteiger charge is 2.25. The van der Waals surface area contributed by atoms with Crippen LogP contribution in [0.15, 0.2) is 18.2 Å². The Morgan fingerprint density at radius 2 is 1.95 bits per heavy atom. The van der Waals surface area contributed by atoms with Gasteiger partial charge in [0.15, 0.2) is 0 Å². The van der Waals surface area contributed by atoms with Crippen molar-refractivity contribution in [3.05, 3.63) is 29.3 Å². The third-order valence-corrected chi connectivity index (χ3v) is 4.82. The number of benzene rings is 1. The topological polar surface area (TPSA) is 15.3 Å². The van der Waals surface area contributed by atoms with Gasteiger partial charge in [0.1, 0.15) is 0 Å². The quantitative estimate of drug-likeness (QED) is 0.827. The van der Waals surface area contributed by atoms with Crippen molar-refractivity contribution in [3.8, 4) is 0 Å². The zero-order valence-electron chi connectivity index (χ0n) is 12.5. The number of fused-ring (bicyclic) bond motifs is 1. The molecular formula is C17H26N2. The minimum absolute atomic E-state index is 0.248. The van der Waals surface area contributed by atoms with E-state index in [1.54, 1.807) is 0 Å². The molecule has 3 rings (SSSR count). The van der Waals surface area contributed by atoms with E-state index in [-0.39, 0.29) is 5.54 Å². The lowest BCUT2D eigenvalue weighted by Gasteiger charge is -2.35. The Labute approximate surface area is 117 Å². The molecule has 19 heavy (non-hydrogen) atoms. The Bertz CT molecular complexity index is 456. The molecule has 1 aromatic carbocycles. The smallest absolute Gasteiger partial charge is 0.0379 e. The van der Waals surface area contributed by atoms with E-state index in [0.717, 1.165) is 5.92 Å². The zero-order chi connectivity index (χ0) is 13.5. The fourth-order valence-electron chi connectivity index (χ4n) is 3.40. The lowest BCUT2D eigenvalue weighted by atomic mass is 9.85. The maximum Gasteiger partial charge on any atom is 0.0379 e. The second-order valence-electron chi connectivity index (χ2n) is 7.00. The van der Waals surface area contributed by atoms with Gasteiger partial charge in [0.25, 0.3) is 0 Å². The first-order valence-electron chi connectivity index (χ1n) is 7.63. The Hall–Kier alpha value is -1.02. The van der Waals surface area contributed by atoms with Gasteiger partial charge in [-0.25, -0.2) is 0 Å². The first-order valence-corrected chi connectivity index (χ1v) is 7.63. The summed E-state index contributed by atoms with van der Waals surface area (Å²) < 4.78 is 0. The molecule has 0 saturated carbocycles. The number of piperidine rings is 1. The largest absolute Gasteiger partial charge is 0.380 e. The van der Waals surface area contributed by atoms with Gasteiger partial charge in [0.05, 0.1) is 0 Å². The van der Waals surface area contributed by atoms with Crippen LogP contribution in [0.1, 0.15) is 50.2 Å². The number of nitrogens with one attached hydrogen (secondary N) is 1. The van der Waals surface area contributed by atoms with Gasteiger partial charge in [-0.05, 0) is 82.8 Å². The molecular weight excluding hydrogens is 232 g/mol. The average molecular weight is 258 g/mol. The monoisotopic (exact) mass is 258 g/mol. The van der Waals surface area contributed by atoms with Crippen molar-refractivity contribution >= 4 is 5.69 Å². The summed E-state index contributed by atoms with van der Waals surface area (Å²) in [6, 6.07) is 7.15. The lowest BCUT2D eigenvalue weighted by molar-refractivity contribution is 0.255. The summed E-state index contributed by atoms with van der Waals surface area (Å²) in [5.41, 5.74) is 4.67. The summed E-state index contributed by atoms with van der Waals surface area (Å²) in [4.78, 5) is 2.44. The molecule has 1 aromatic rings. The van der Waals surface area contributed by atoms with Crippen LogP contribution >= 0.6 is 0 Å². The number of aryl methyl sites for hydroxylation is 1. The molecule has 2 heterocycles. The van der Waals surface area contributed by atoms with Crippen molar-refractivity contribution in [2.24, 2.45) is 0 Å². The fourth-order valence-corrected chi connectivity index (χ4v) is 3.40. The first-order chi connectivity index (χ1) is 9.03. The van der Waals surface area contributed by atoms with E-state index in [1.807, 2.05) is 0 Å². The molecule has 0 bridgehead atoms. The van der Waals surface area contributed by atoms with Crippen molar-refractivity contribution < 1.29 is 0 Å². The highest BCUT2D eigenvalue weighted by Crippen LogP contribution is 2.35. The molecule has 2 aliphatic rings. The van der Waals surface area contributed by atoms with Gasteiger partial charge in [-0.15, -0.1) is 0 Å². The van der Waals surface area contributed by atoms with E-state index in [2.05, 4.69) is 49.3 Å². The Balaban J connectivity index is 1.81. The van der Waals surface area contributed by atoms with Crippen LogP contribution in [-0.2, 0) is 6.42 Å². The Kier molecular flexibility index (Phi) is 3.30. The maximum atomic E-state index is 3.71. The molecule has 1 fully saturated rings. The second kappa shape index (κ2) is 4.82. The van der Waals surface area contributed by atoms with Crippen molar-refractivity contribution in [2.75, 3.05) is 25.5 Å². The molecule has 104 valence electrons. The first kappa shape index (κ1) is 13.0. The number of anilines is 1. The Morgan fingerprint density at radius 1 is 1.21 bits per heavy atom. The van der Waals surface area contributed by atoms with Crippen LogP contribution in [0.2, 0.25) is 0 Å². The predicted molar refractivity (Wildman–Crippen MR) is 81.9 cm³/mol. The van der Waals surface area contributed by atoms with Crippen LogP contribution in [-0.4, -0.2) is 30.6 Å². The number of likely N-dealkylation sites (tertiary alicyclic amines) is 1. The van der Waals surface area contributed by atoms with Crippen molar-refractivity contribution in [2.45, 2.75) is 51.0 Å². The molecule has 0 aromatic heterocycles. The molecule has 2 aliphatic heterocycles. The van der Waals surface area contributed by atoms with Crippen LogP contribution in [0.25, 0.3) is 0 Å². The van der Waals surface area contributed by atoms with Gasteiger partial charge >= 0.3 is 0 Å². The SMILES string of the molecule is CN1CCC(c2ccc3c(c2)NC(C)(C)CC3)CC1. The summed E-state index contributed by atoms with van der Waals surface area (Å²) >= 11 is 0. The van der Waals surface area contributed by atoms with Crippen LogP contribution in [0.4, 0.5) is 5.69 Å². The lowest BCUT2D eigenvalue weighted by Crippen LogP contribution is -2.35. The highest BCUT2D eigenvalue weighted by atomic mass is 15.1. The molecule has 0 spiro atoms. The third-order valence-electron chi connectivity index (χ3n) is 4.82. The summed E-state index contributed by atoms with van der Waals surface area (Å²) in [6.45, 7) is 7.08. The minimum Gasteiger partial charge on any atom is -0.380 e. The number of rotatable bonds is 1. The van der Waals surface area contributed by atoms with E-state index in [0.29, 0.717) is 0 Å². The molecule has 1 N–H and O–H groups in total. The highest BCUT2D eigenvalue weighted by molar-refractivity contribution is 5.57. The minimum atomic E-state index is 0.248. The number of nitrogens with zero attached hydrogens (tertiary/aromatic N) is 1. The number of hydrogen-bond acceptors (Lipinski definition) is 2. The van der Waals surface area contributed by atoms with Crippen molar-refractivity contribution in [1.29, 1.82) is 0 Å². The number of hydrogen-bond donors (Lipinski definition) is 1. The Morgan fingerprint density at radius 3 is 2.68 bits per heavy atom. The van der Waals surface area contributed by atoms with Gasteiger partial charge in [0, 0.05) is 11.2 Å². The molecule has 1 saturated heterocycles. The third kappa shape index (κ3) is 2.79. The van der Waals surface area contributed by atoms with Gasteiger partial charge in [0.2, 0.25) is 0 Å². The molecule has 0 unspecified atom stereocenters. The van der Waals surface area contributed by atoms with Crippen molar-refractivity contribution in [3.63, 3.8) is 0 Å². The molecule has 0 atom stereocenters. The van der Waals surface area contributed by atoms with Crippen LogP contribution in [0.5, 0.6) is 0 Å². The second-order valence-corrected chi connectivity index (χ2v) is 7.00. The molecule has 0 radical (unpaired) electrons. The van der Waals surface area contributed by atoms with Gasteiger partial charge in [-0.3, -0.25) is 0 Å². The summed E-state index contributed by atoms with van der Waals surface area (Å²) in [5, 5.41) is 3.71. The summed E-state index contributed by atoms with van der Waals surface area (Å²) in [6.07, 6.45) is 5.05. The van der Waals surface area contributed by atoms with Gasteiger partial charge in [-0.2, -0.15) is 0 Å². The van der Waals surface area contributed by atoms with Gasteiger partial charge in [-0.1, -0.05) is 12.1 Å². The molecule has 2 nitrogen and oxygen atoms in total. The van der Waals surface area contributed by atoms with E-state index in [4.69, 9.17) is 0 Å². The predicted octanol–water partition coefficient (Wildman–Crippen LogP) is 3.63. The van der Waals surface area contributed by atoms with Crippen LogP contribution in [0, 0.1) is 0 Å². The van der Waals surface area contributed by atoms with E-state index >= 15 is 0 Å². The normalized spacial score (nSPS) is 23.7. The fraction of sp³-hybridized carbons (Fsp3) is 0.647. The van der Waals surface area contributed by atoms with Crippen molar-refractivity contribution in [1.82, 2.24) is 4.90 Å². The van der Waals surface area contributed by atoms with Crippen LogP contribution < -0.4 is 5.32 Å². The van der Waals surface area contributed by atoms with E-state index < -0.39 is 0 Å². The zero-order valence-corrected chi connectivity index (χ0v) is 12.5. The maximum absolute atomic E-state index is 3.71. The van der Waals surface area contributed by atoms with Crippen LogP contribution in [0.3, 0.4) is 0 Å². The standard InChI is InChI=1S/C17H26N2/c1-17(2)9-6-14-4-5-15(12-16(14)18-17)13-7-10-19(3)11-8-13/h4-5,12-13,18H,6-11H2,1-3H3. The van der Waals surface area contributed by atoms with Gasteiger partial charge < -0.3 is 10.2 Å². The molecule has 0 aliphatic carbocycles. The summed E-state index contributed by atoms with van der Waals surface area (Å²) in [5.74, 6) is 0.758. The average Bonchev–Trinajstić information content (AvgIpc) is 2.37. The summed E-state index contributed by atoms with van der Waals surface area (Å²) in [7, 11) is 2.23. The van der Waals surface area contributed by atoms with E-state index in [9.17, 15) is 0 Å². The molecule has 0 amide bonds. The van der Waals surface area contributed by atoms with E-state index in [1.165, 1.54) is 55.6 Å². The molecule has 2 heteroatoms.